The summed E-state index contributed by atoms with van der Waals surface area (Å²) in [6.07, 6.45) is 2.65. The highest BCUT2D eigenvalue weighted by Crippen LogP contribution is 1.99. The molecule has 1 N–H and O–H groups in total. The molecule has 0 fully saturated rings. The summed E-state index contributed by atoms with van der Waals surface area (Å²) in [5, 5.41) is 11.4. The van der Waals surface area contributed by atoms with Crippen molar-refractivity contribution in [2.45, 2.75) is 19.9 Å². The monoisotopic (exact) mass is 191 g/mol. The van der Waals surface area contributed by atoms with Crippen LogP contribution in [-0.2, 0) is 11.3 Å². The molecule has 0 atom stereocenters. The van der Waals surface area contributed by atoms with E-state index in [1.165, 1.54) is 0 Å². The Balaban J connectivity index is 2.52. The average Bonchev–Trinajstić information content (AvgIpc) is 2.62. The molecule has 1 rings (SSSR count). The maximum absolute atomic E-state index is 11.3. The van der Waals surface area contributed by atoms with Crippen molar-refractivity contribution in [3.8, 4) is 6.07 Å². The minimum Gasteiger partial charge on any atom is -0.355 e. The number of rotatable bonds is 4. The van der Waals surface area contributed by atoms with Crippen LogP contribution < -0.4 is 5.32 Å². The summed E-state index contributed by atoms with van der Waals surface area (Å²) in [4.78, 5) is 11.3. The lowest BCUT2D eigenvalue weighted by Gasteiger charge is -2.05. The van der Waals surface area contributed by atoms with E-state index in [0.29, 0.717) is 12.2 Å². The molecule has 0 saturated carbocycles. The highest BCUT2D eigenvalue weighted by Gasteiger charge is 2.04. The number of nitrogens with zero attached hydrogens (tertiary/aromatic N) is 2. The Morgan fingerprint density at radius 3 is 3.14 bits per heavy atom. The molecule has 14 heavy (non-hydrogen) atoms. The molecule has 0 aromatic carbocycles. The first-order valence-electron chi connectivity index (χ1n) is 4.60. The SMILES string of the molecule is CCCNC(=O)Cn1cccc1C#N. The molecule has 1 aromatic heterocycles. The van der Waals surface area contributed by atoms with Crippen LogP contribution in [0.2, 0.25) is 0 Å². The minimum atomic E-state index is -0.0560. The second kappa shape index (κ2) is 5.07. The van der Waals surface area contributed by atoms with E-state index in [9.17, 15) is 4.79 Å². The van der Waals surface area contributed by atoms with Gasteiger partial charge in [0.25, 0.3) is 0 Å². The number of hydrogen-bond donors (Lipinski definition) is 1. The van der Waals surface area contributed by atoms with Crippen molar-refractivity contribution in [3.05, 3.63) is 24.0 Å². The lowest BCUT2D eigenvalue weighted by atomic mass is 10.4. The van der Waals surface area contributed by atoms with Gasteiger partial charge < -0.3 is 9.88 Å². The third kappa shape index (κ3) is 2.63. The zero-order chi connectivity index (χ0) is 10.4. The van der Waals surface area contributed by atoms with Crippen LogP contribution in [0.4, 0.5) is 0 Å². The van der Waals surface area contributed by atoms with Crippen LogP contribution in [0.25, 0.3) is 0 Å². The summed E-state index contributed by atoms with van der Waals surface area (Å²) in [5.41, 5.74) is 0.511. The number of hydrogen-bond acceptors (Lipinski definition) is 2. The fraction of sp³-hybridized carbons (Fsp3) is 0.400. The fourth-order valence-electron chi connectivity index (χ4n) is 1.13. The summed E-state index contributed by atoms with van der Waals surface area (Å²) in [6, 6.07) is 5.46. The van der Waals surface area contributed by atoms with Gasteiger partial charge in [-0.15, -0.1) is 0 Å². The van der Waals surface area contributed by atoms with Crippen LogP contribution in [0.15, 0.2) is 18.3 Å². The fourth-order valence-corrected chi connectivity index (χ4v) is 1.13. The molecule has 0 radical (unpaired) electrons. The van der Waals surface area contributed by atoms with Gasteiger partial charge in [-0.3, -0.25) is 4.79 Å². The van der Waals surface area contributed by atoms with Crippen LogP contribution in [0.5, 0.6) is 0 Å². The Kier molecular flexibility index (Phi) is 3.74. The molecule has 0 unspecified atom stereocenters. The number of carbonyl (C=O) groups excluding carboxylic acids is 1. The lowest BCUT2D eigenvalue weighted by Crippen LogP contribution is -2.28. The third-order valence-corrected chi connectivity index (χ3v) is 1.83. The van der Waals surface area contributed by atoms with Gasteiger partial charge in [-0.2, -0.15) is 5.26 Å². The van der Waals surface area contributed by atoms with E-state index in [2.05, 4.69) is 5.32 Å². The van der Waals surface area contributed by atoms with Crippen LogP contribution >= 0.6 is 0 Å². The van der Waals surface area contributed by atoms with E-state index in [1.807, 2.05) is 13.0 Å². The van der Waals surface area contributed by atoms with Crippen molar-refractivity contribution >= 4 is 5.91 Å². The van der Waals surface area contributed by atoms with Crippen LogP contribution in [-0.4, -0.2) is 17.0 Å². The standard InChI is InChI=1S/C10H13N3O/c1-2-5-12-10(14)8-13-6-3-4-9(13)7-11/h3-4,6H,2,5,8H2,1H3,(H,12,14). The Bertz CT molecular complexity index is 348. The van der Waals surface area contributed by atoms with Gasteiger partial charge in [-0.1, -0.05) is 6.92 Å². The molecule has 0 saturated heterocycles. The molecule has 0 bridgehead atoms. The van der Waals surface area contributed by atoms with Gasteiger partial charge in [0, 0.05) is 12.7 Å². The van der Waals surface area contributed by atoms with Crippen LogP contribution in [0, 0.1) is 11.3 Å². The molecule has 0 spiro atoms. The van der Waals surface area contributed by atoms with Crippen molar-refractivity contribution in [1.29, 1.82) is 5.26 Å². The van der Waals surface area contributed by atoms with Crippen LogP contribution in [0.3, 0.4) is 0 Å². The summed E-state index contributed by atoms with van der Waals surface area (Å²) in [7, 11) is 0. The first-order valence-corrected chi connectivity index (χ1v) is 4.60. The zero-order valence-corrected chi connectivity index (χ0v) is 8.16. The molecule has 4 heteroatoms. The Morgan fingerprint density at radius 2 is 2.50 bits per heavy atom. The molecular formula is C10H13N3O. The Morgan fingerprint density at radius 1 is 1.71 bits per heavy atom. The smallest absolute Gasteiger partial charge is 0.239 e. The first kappa shape index (κ1) is 10.3. The Labute approximate surface area is 83.1 Å². The zero-order valence-electron chi connectivity index (χ0n) is 8.16. The van der Waals surface area contributed by atoms with E-state index >= 15 is 0 Å². The Hall–Kier alpha value is -1.76. The van der Waals surface area contributed by atoms with Gasteiger partial charge in [-0.05, 0) is 18.6 Å². The number of aromatic nitrogens is 1. The number of carbonyl (C=O) groups is 1. The van der Waals surface area contributed by atoms with Gasteiger partial charge in [-0.25, -0.2) is 0 Å². The predicted molar refractivity (Wildman–Crippen MR) is 52.4 cm³/mol. The van der Waals surface area contributed by atoms with Crippen LogP contribution in [0.1, 0.15) is 19.0 Å². The highest BCUT2D eigenvalue weighted by atomic mass is 16.1. The van der Waals surface area contributed by atoms with E-state index in [0.717, 1.165) is 6.42 Å². The predicted octanol–water partition coefficient (Wildman–Crippen LogP) is 0.886. The van der Waals surface area contributed by atoms with Gasteiger partial charge in [0.2, 0.25) is 5.91 Å². The lowest BCUT2D eigenvalue weighted by molar-refractivity contribution is -0.121. The van der Waals surface area contributed by atoms with Gasteiger partial charge >= 0.3 is 0 Å². The van der Waals surface area contributed by atoms with Gasteiger partial charge in [0.15, 0.2) is 0 Å². The summed E-state index contributed by atoms with van der Waals surface area (Å²) < 4.78 is 1.63. The van der Waals surface area contributed by atoms with Gasteiger partial charge in [0.05, 0.1) is 0 Å². The van der Waals surface area contributed by atoms with E-state index in [4.69, 9.17) is 5.26 Å². The highest BCUT2D eigenvalue weighted by molar-refractivity contribution is 5.75. The van der Waals surface area contributed by atoms with Gasteiger partial charge in [0.1, 0.15) is 18.3 Å². The second-order valence-electron chi connectivity index (χ2n) is 2.98. The third-order valence-electron chi connectivity index (χ3n) is 1.83. The molecule has 0 aliphatic rings. The number of nitriles is 1. The molecule has 1 aromatic rings. The van der Waals surface area contributed by atoms with E-state index in [1.54, 1.807) is 22.9 Å². The average molecular weight is 191 g/mol. The quantitative estimate of drug-likeness (QED) is 0.768. The molecule has 0 aliphatic carbocycles. The van der Waals surface area contributed by atoms with Crippen molar-refractivity contribution in [3.63, 3.8) is 0 Å². The summed E-state index contributed by atoms with van der Waals surface area (Å²) in [5.74, 6) is -0.0560. The molecule has 4 nitrogen and oxygen atoms in total. The molecule has 74 valence electrons. The largest absolute Gasteiger partial charge is 0.355 e. The maximum Gasteiger partial charge on any atom is 0.239 e. The first-order chi connectivity index (χ1) is 6.77. The number of amides is 1. The topological polar surface area (TPSA) is 57.8 Å². The normalized spacial score (nSPS) is 9.43. The molecule has 1 heterocycles. The molecule has 1 amide bonds. The van der Waals surface area contributed by atoms with Crippen molar-refractivity contribution in [2.75, 3.05) is 6.54 Å². The van der Waals surface area contributed by atoms with E-state index in [-0.39, 0.29) is 12.5 Å². The maximum atomic E-state index is 11.3. The summed E-state index contributed by atoms with van der Waals surface area (Å²) in [6.45, 7) is 2.90. The second-order valence-corrected chi connectivity index (χ2v) is 2.98. The van der Waals surface area contributed by atoms with E-state index < -0.39 is 0 Å². The van der Waals surface area contributed by atoms with Crippen molar-refractivity contribution in [2.24, 2.45) is 0 Å². The van der Waals surface area contributed by atoms with Crippen molar-refractivity contribution in [1.82, 2.24) is 9.88 Å². The summed E-state index contributed by atoms with van der Waals surface area (Å²) >= 11 is 0. The minimum absolute atomic E-state index is 0.0560. The molecular weight excluding hydrogens is 178 g/mol. The number of nitrogens with one attached hydrogen (secondary N) is 1. The van der Waals surface area contributed by atoms with Crippen molar-refractivity contribution < 1.29 is 4.79 Å². The molecule has 0 aliphatic heterocycles.